The lowest BCUT2D eigenvalue weighted by atomic mass is 9.98. The second kappa shape index (κ2) is 6.53. The number of likely N-dealkylation sites (tertiary alicyclic amines) is 1. The molecular weight excluding hydrogens is 210 g/mol. The maximum Gasteiger partial charge on any atom is 0.137 e. The second-order valence-electron chi connectivity index (χ2n) is 6.10. The maximum atomic E-state index is 12.0. The van der Waals surface area contributed by atoms with E-state index in [1.165, 1.54) is 45.2 Å². The first kappa shape index (κ1) is 13.1. The van der Waals surface area contributed by atoms with Crippen LogP contribution in [0.1, 0.15) is 58.3 Å². The third-order valence-electron chi connectivity index (χ3n) is 4.52. The molecule has 0 aromatic rings. The van der Waals surface area contributed by atoms with Gasteiger partial charge in [-0.1, -0.05) is 19.8 Å². The number of nitrogens with zero attached hydrogens (tertiary/aromatic N) is 1. The molecule has 2 nitrogen and oxygen atoms in total. The second-order valence-corrected chi connectivity index (χ2v) is 6.10. The molecule has 0 aromatic carbocycles. The summed E-state index contributed by atoms with van der Waals surface area (Å²) in [6, 6.07) is 0. The molecule has 98 valence electrons. The number of hydrogen-bond donors (Lipinski definition) is 0. The standard InChI is InChI=1S/C15H27NO/c1-13-6-5-10-16(11-9-13)12-14-7-3-2-4-8-15(14)17/h13-14H,2-12H2,1H3. The summed E-state index contributed by atoms with van der Waals surface area (Å²) in [4.78, 5) is 14.6. The van der Waals surface area contributed by atoms with Crippen molar-refractivity contribution in [1.82, 2.24) is 4.90 Å². The van der Waals surface area contributed by atoms with Crippen molar-refractivity contribution < 1.29 is 4.79 Å². The summed E-state index contributed by atoms with van der Waals surface area (Å²) in [7, 11) is 0. The van der Waals surface area contributed by atoms with Crippen LogP contribution in [0.2, 0.25) is 0 Å². The third kappa shape index (κ3) is 4.09. The minimum absolute atomic E-state index is 0.353. The molecule has 1 saturated carbocycles. The largest absolute Gasteiger partial charge is 0.303 e. The maximum absolute atomic E-state index is 12.0. The molecule has 0 aromatic heterocycles. The van der Waals surface area contributed by atoms with E-state index in [0.717, 1.165) is 31.7 Å². The molecule has 1 aliphatic carbocycles. The van der Waals surface area contributed by atoms with Crippen molar-refractivity contribution in [2.75, 3.05) is 19.6 Å². The van der Waals surface area contributed by atoms with E-state index >= 15 is 0 Å². The van der Waals surface area contributed by atoms with Gasteiger partial charge in [-0.05, 0) is 51.1 Å². The highest BCUT2D eigenvalue weighted by Gasteiger charge is 2.24. The van der Waals surface area contributed by atoms with Crippen molar-refractivity contribution in [2.24, 2.45) is 11.8 Å². The molecule has 0 bridgehead atoms. The molecule has 0 radical (unpaired) electrons. The summed E-state index contributed by atoms with van der Waals surface area (Å²) in [6.45, 7) is 5.84. The highest BCUT2D eigenvalue weighted by Crippen LogP contribution is 2.23. The number of rotatable bonds is 2. The number of carbonyl (C=O) groups excluding carboxylic acids is 1. The lowest BCUT2D eigenvalue weighted by Gasteiger charge is -2.24. The van der Waals surface area contributed by atoms with Gasteiger partial charge in [0.2, 0.25) is 0 Å². The fourth-order valence-electron chi connectivity index (χ4n) is 3.24. The average molecular weight is 237 g/mol. The van der Waals surface area contributed by atoms with Crippen LogP contribution in [0.3, 0.4) is 0 Å². The van der Waals surface area contributed by atoms with E-state index in [9.17, 15) is 4.79 Å². The molecule has 1 saturated heterocycles. The van der Waals surface area contributed by atoms with Crippen LogP contribution in [-0.2, 0) is 4.79 Å². The Morgan fingerprint density at radius 3 is 2.82 bits per heavy atom. The Morgan fingerprint density at radius 1 is 1.06 bits per heavy atom. The Kier molecular flexibility index (Phi) is 5.02. The summed E-state index contributed by atoms with van der Waals surface area (Å²) in [5.41, 5.74) is 0. The predicted octanol–water partition coefficient (Wildman–Crippen LogP) is 3.26. The molecule has 0 amide bonds. The Balaban J connectivity index is 1.83. The number of carbonyl (C=O) groups is 1. The summed E-state index contributed by atoms with van der Waals surface area (Å²) >= 11 is 0. The first-order chi connectivity index (χ1) is 8.25. The zero-order valence-corrected chi connectivity index (χ0v) is 11.3. The topological polar surface area (TPSA) is 20.3 Å². The van der Waals surface area contributed by atoms with Crippen LogP contribution in [0.25, 0.3) is 0 Å². The first-order valence-corrected chi connectivity index (χ1v) is 7.51. The zero-order valence-electron chi connectivity index (χ0n) is 11.3. The summed E-state index contributed by atoms with van der Waals surface area (Å²) in [5.74, 6) is 1.77. The van der Waals surface area contributed by atoms with Gasteiger partial charge in [-0.15, -0.1) is 0 Å². The molecule has 2 aliphatic rings. The van der Waals surface area contributed by atoms with Crippen molar-refractivity contribution in [1.29, 1.82) is 0 Å². The molecule has 2 heteroatoms. The normalized spacial score (nSPS) is 33.1. The van der Waals surface area contributed by atoms with Gasteiger partial charge in [0.25, 0.3) is 0 Å². The van der Waals surface area contributed by atoms with Crippen molar-refractivity contribution in [2.45, 2.75) is 58.3 Å². The van der Waals surface area contributed by atoms with E-state index in [2.05, 4.69) is 11.8 Å². The Morgan fingerprint density at radius 2 is 1.94 bits per heavy atom. The summed E-state index contributed by atoms with van der Waals surface area (Å²) in [5, 5.41) is 0. The van der Waals surface area contributed by atoms with E-state index < -0.39 is 0 Å². The van der Waals surface area contributed by atoms with Gasteiger partial charge in [0.05, 0.1) is 0 Å². The molecular formula is C15H27NO. The predicted molar refractivity (Wildman–Crippen MR) is 71.0 cm³/mol. The molecule has 2 fully saturated rings. The Bertz CT molecular complexity index is 251. The molecule has 2 rings (SSSR count). The fraction of sp³-hybridized carbons (Fsp3) is 0.933. The van der Waals surface area contributed by atoms with Crippen LogP contribution in [0.15, 0.2) is 0 Å². The van der Waals surface area contributed by atoms with Crippen molar-refractivity contribution in [3.8, 4) is 0 Å². The Labute approximate surface area is 106 Å². The van der Waals surface area contributed by atoms with Crippen LogP contribution in [0, 0.1) is 11.8 Å². The van der Waals surface area contributed by atoms with Gasteiger partial charge in [-0.25, -0.2) is 0 Å². The zero-order chi connectivity index (χ0) is 12.1. The van der Waals surface area contributed by atoms with Gasteiger partial charge in [-0.3, -0.25) is 4.79 Å². The van der Waals surface area contributed by atoms with Gasteiger partial charge in [0.1, 0.15) is 5.78 Å². The molecule has 0 spiro atoms. The lowest BCUT2D eigenvalue weighted by molar-refractivity contribution is -0.123. The monoisotopic (exact) mass is 237 g/mol. The SMILES string of the molecule is CC1CCCN(CC2CCCCCC2=O)CC1. The Hall–Kier alpha value is -0.370. The molecule has 1 heterocycles. The van der Waals surface area contributed by atoms with Crippen molar-refractivity contribution in [3.63, 3.8) is 0 Å². The fourth-order valence-corrected chi connectivity index (χ4v) is 3.24. The number of hydrogen-bond acceptors (Lipinski definition) is 2. The van der Waals surface area contributed by atoms with E-state index in [1.54, 1.807) is 0 Å². The van der Waals surface area contributed by atoms with E-state index in [4.69, 9.17) is 0 Å². The van der Waals surface area contributed by atoms with Gasteiger partial charge >= 0.3 is 0 Å². The van der Waals surface area contributed by atoms with E-state index in [-0.39, 0.29) is 0 Å². The van der Waals surface area contributed by atoms with Crippen LogP contribution in [0.5, 0.6) is 0 Å². The smallest absolute Gasteiger partial charge is 0.137 e. The van der Waals surface area contributed by atoms with Crippen LogP contribution < -0.4 is 0 Å². The van der Waals surface area contributed by atoms with Crippen LogP contribution >= 0.6 is 0 Å². The first-order valence-electron chi connectivity index (χ1n) is 7.51. The summed E-state index contributed by atoms with van der Waals surface area (Å²) < 4.78 is 0. The molecule has 2 atom stereocenters. The van der Waals surface area contributed by atoms with E-state index in [1.807, 2.05) is 0 Å². The highest BCUT2D eigenvalue weighted by atomic mass is 16.1. The highest BCUT2D eigenvalue weighted by molar-refractivity contribution is 5.81. The minimum Gasteiger partial charge on any atom is -0.303 e. The van der Waals surface area contributed by atoms with Gasteiger partial charge in [0, 0.05) is 18.9 Å². The average Bonchev–Trinajstić information content (AvgIpc) is 2.63. The minimum atomic E-state index is 0.353. The van der Waals surface area contributed by atoms with Crippen LogP contribution in [-0.4, -0.2) is 30.3 Å². The molecule has 1 aliphatic heterocycles. The number of Topliss-reactive ketones (excluding diaryl/α,β-unsaturated/α-hetero) is 1. The van der Waals surface area contributed by atoms with Gasteiger partial charge in [0.15, 0.2) is 0 Å². The molecule has 0 N–H and O–H groups in total. The molecule has 2 unspecified atom stereocenters. The lowest BCUT2D eigenvalue weighted by Crippen LogP contribution is -2.33. The molecule has 17 heavy (non-hydrogen) atoms. The van der Waals surface area contributed by atoms with Gasteiger partial charge in [-0.2, -0.15) is 0 Å². The van der Waals surface area contributed by atoms with E-state index in [0.29, 0.717) is 11.7 Å². The van der Waals surface area contributed by atoms with Gasteiger partial charge < -0.3 is 4.90 Å². The summed E-state index contributed by atoms with van der Waals surface area (Å²) in [6.07, 6.45) is 9.66. The van der Waals surface area contributed by atoms with Crippen molar-refractivity contribution in [3.05, 3.63) is 0 Å². The quantitative estimate of drug-likeness (QED) is 0.687. The van der Waals surface area contributed by atoms with Crippen molar-refractivity contribution >= 4 is 5.78 Å². The van der Waals surface area contributed by atoms with Crippen LogP contribution in [0.4, 0.5) is 0 Å². The third-order valence-corrected chi connectivity index (χ3v) is 4.52. The number of ketones is 1.